The zero-order valence-electron chi connectivity index (χ0n) is 10.3. The van der Waals surface area contributed by atoms with Crippen LogP contribution in [-0.2, 0) is 9.59 Å². The van der Waals surface area contributed by atoms with Crippen molar-refractivity contribution in [3.8, 4) is 0 Å². The number of benzene rings is 1. The minimum absolute atomic E-state index is 0.0143. The van der Waals surface area contributed by atoms with E-state index in [1.807, 2.05) is 18.2 Å². The van der Waals surface area contributed by atoms with E-state index in [2.05, 4.69) is 5.32 Å². The molecule has 1 heterocycles. The number of amides is 2. The van der Waals surface area contributed by atoms with Crippen LogP contribution in [0.25, 0.3) is 0 Å². The summed E-state index contributed by atoms with van der Waals surface area (Å²) in [7, 11) is 1.52. The molecule has 1 unspecified atom stereocenters. The smallest absolute Gasteiger partial charge is 0.243 e. The van der Waals surface area contributed by atoms with Crippen molar-refractivity contribution >= 4 is 29.3 Å². The molecule has 0 radical (unpaired) electrons. The van der Waals surface area contributed by atoms with Gasteiger partial charge in [0.05, 0.1) is 17.4 Å². The van der Waals surface area contributed by atoms with Crippen molar-refractivity contribution in [3.63, 3.8) is 0 Å². The summed E-state index contributed by atoms with van der Waals surface area (Å²) in [4.78, 5) is 24.1. The molecule has 1 aliphatic rings. The normalized spacial score (nSPS) is 15.6. The number of hydrogen-bond donors (Lipinski definition) is 2. The van der Waals surface area contributed by atoms with Gasteiger partial charge in [0.15, 0.2) is 0 Å². The van der Waals surface area contributed by atoms with Crippen molar-refractivity contribution < 1.29 is 9.59 Å². The summed E-state index contributed by atoms with van der Waals surface area (Å²) < 4.78 is 0. The molecule has 0 saturated heterocycles. The lowest BCUT2D eigenvalue weighted by Crippen LogP contribution is -2.36. The molecule has 3 N–H and O–H groups in total. The van der Waals surface area contributed by atoms with Crippen LogP contribution < -0.4 is 11.2 Å². The Balaban J connectivity index is 2.28. The average Bonchev–Trinajstić information content (AvgIpc) is 2.35. The highest BCUT2D eigenvalue weighted by Crippen LogP contribution is 2.33. The van der Waals surface area contributed by atoms with Crippen LogP contribution in [0, 0.1) is 0 Å². The first-order chi connectivity index (χ1) is 8.49. The molecule has 5 nitrogen and oxygen atoms in total. The van der Waals surface area contributed by atoms with Gasteiger partial charge in [0.25, 0.3) is 0 Å². The summed E-state index contributed by atoms with van der Waals surface area (Å²) in [5, 5.41) is 3.89. The highest BCUT2D eigenvalue weighted by Gasteiger charge is 2.21. The van der Waals surface area contributed by atoms with E-state index < -0.39 is 0 Å². The molecule has 0 saturated carbocycles. The van der Waals surface area contributed by atoms with Crippen LogP contribution in [-0.4, -0.2) is 29.6 Å². The maximum atomic E-state index is 11.8. The molecule has 2 rings (SSSR count). The van der Waals surface area contributed by atoms with Gasteiger partial charge in [-0.3, -0.25) is 14.6 Å². The van der Waals surface area contributed by atoms with Gasteiger partial charge in [-0.25, -0.2) is 5.84 Å². The summed E-state index contributed by atoms with van der Waals surface area (Å²) in [6.07, 6.45) is 0. The second-order valence-corrected chi connectivity index (χ2v) is 5.28. The lowest BCUT2D eigenvalue weighted by atomic mass is 9.99. The Morgan fingerprint density at radius 3 is 2.94 bits per heavy atom. The second-order valence-electron chi connectivity index (χ2n) is 4.26. The van der Waals surface area contributed by atoms with E-state index in [1.54, 1.807) is 6.92 Å². The molecule has 6 heteroatoms. The molecule has 1 atom stereocenters. The largest absolute Gasteiger partial charge is 0.324 e. The maximum Gasteiger partial charge on any atom is 0.243 e. The Morgan fingerprint density at radius 2 is 2.28 bits per heavy atom. The predicted octanol–water partition coefficient (Wildman–Crippen LogP) is 1.17. The Kier molecular flexibility index (Phi) is 3.58. The van der Waals surface area contributed by atoms with Gasteiger partial charge in [-0.05, 0) is 24.6 Å². The number of carbonyl (C=O) groups excluding carboxylic acids is 2. The molecule has 18 heavy (non-hydrogen) atoms. The minimum Gasteiger partial charge on any atom is -0.324 e. The van der Waals surface area contributed by atoms with E-state index in [0.717, 1.165) is 21.2 Å². The van der Waals surface area contributed by atoms with Crippen molar-refractivity contribution in [2.24, 2.45) is 5.84 Å². The van der Waals surface area contributed by atoms with Crippen LogP contribution in [0.2, 0.25) is 0 Å². The summed E-state index contributed by atoms with van der Waals surface area (Å²) in [5.74, 6) is 5.38. The standard InChI is InChI=1S/C12H15N3O2S/c1-7(12(17)15(2)13)8-3-4-10-9(5-8)14-11(16)6-18-10/h3-5,7H,6,13H2,1-2H3,(H,14,16). The first-order valence-corrected chi connectivity index (χ1v) is 6.56. The van der Waals surface area contributed by atoms with Crippen molar-refractivity contribution in [1.82, 2.24) is 5.01 Å². The Labute approximate surface area is 110 Å². The minimum atomic E-state index is -0.325. The molecule has 0 spiro atoms. The zero-order valence-corrected chi connectivity index (χ0v) is 11.1. The molecule has 0 aliphatic carbocycles. The molecular weight excluding hydrogens is 250 g/mol. The molecule has 2 amide bonds. The Hall–Kier alpha value is -1.53. The van der Waals surface area contributed by atoms with Crippen LogP contribution in [0.15, 0.2) is 23.1 Å². The first-order valence-electron chi connectivity index (χ1n) is 5.58. The summed E-state index contributed by atoms with van der Waals surface area (Å²) in [6.45, 7) is 1.80. The van der Waals surface area contributed by atoms with Crippen molar-refractivity contribution in [2.75, 3.05) is 18.1 Å². The van der Waals surface area contributed by atoms with Gasteiger partial charge in [-0.2, -0.15) is 0 Å². The number of carbonyl (C=O) groups is 2. The third kappa shape index (κ3) is 2.49. The number of nitrogens with zero attached hydrogens (tertiary/aromatic N) is 1. The van der Waals surface area contributed by atoms with E-state index in [0.29, 0.717) is 5.75 Å². The Bertz CT molecular complexity index is 502. The van der Waals surface area contributed by atoms with Gasteiger partial charge in [0, 0.05) is 11.9 Å². The van der Waals surface area contributed by atoms with E-state index in [4.69, 9.17) is 5.84 Å². The fourth-order valence-electron chi connectivity index (χ4n) is 1.82. The molecule has 1 aromatic rings. The second kappa shape index (κ2) is 4.99. The lowest BCUT2D eigenvalue weighted by Gasteiger charge is -2.20. The predicted molar refractivity (Wildman–Crippen MR) is 71.2 cm³/mol. The maximum absolute atomic E-state index is 11.8. The van der Waals surface area contributed by atoms with E-state index in [9.17, 15) is 9.59 Å². The molecule has 0 aromatic heterocycles. The monoisotopic (exact) mass is 265 g/mol. The lowest BCUT2D eigenvalue weighted by molar-refractivity contribution is -0.131. The first kappa shape index (κ1) is 12.9. The average molecular weight is 265 g/mol. The topological polar surface area (TPSA) is 75.4 Å². The third-order valence-electron chi connectivity index (χ3n) is 2.85. The number of hydrogen-bond acceptors (Lipinski definition) is 4. The fourth-order valence-corrected chi connectivity index (χ4v) is 2.61. The van der Waals surface area contributed by atoms with E-state index in [-0.39, 0.29) is 17.7 Å². The molecule has 0 bridgehead atoms. The zero-order chi connectivity index (χ0) is 13.3. The van der Waals surface area contributed by atoms with Gasteiger partial charge in [-0.1, -0.05) is 6.07 Å². The van der Waals surface area contributed by atoms with Crippen LogP contribution in [0.4, 0.5) is 5.69 Å². The van der Waals surface area contributed by atoms with Crippen molar-refractivity contribution in [2.45, 2.75) is 17.7 Å². The molecule has 1 aromatic carbocycles. The SMILES string of the molecule is CC(C(=O)N(C)N)c1ccc2c(c1)NC(=O)CS2. The van der Waals surface area contributed by atoms with E-state index >= 15 is 0 Å². The van der Waals surface area contributed by atoms with Gasteiger partial charge in [-0.15, -0.1) is 11.8 Å². The molecule has 1 aliphatic heterocycles. The van der Waals surface area contributed by atoms with Gasteiger partial charge in [0.1, 0.15) is 0 Å². The van der Waals surface area contributed by atoms with Gasteiger partial charge in [0.2, 0.25) is 11.8 Å². The van der Waals surface area contributed by atoms with Gasteiger partial charge < -0.3 is 5.32 Å². The van der Waals surface area contributed by atoms with Gasteiger partial charge >= 0.3 is 0 Å². The summed E-state index contributed by atoms with van der Waals surface area (Å²) in [5.41, 5.74) is 1.62. The van der Waals surface area contributed by atoms with Crippen LogP contribution in [0.1, 0.15) is 18.4 Å². The molecule has 0 fully saturated rings. The van der Waals surface area contributed by atoms with Crippen molar-refractivity contribution in [3.05, 3.63) is 23.8 Å². The number of nitrogens with one attached hydrogen (secondary N) is 1. The highest BCUT2D eigenvalue weighted by molar-refractivity contribution is 8.00. The number of nitrogens with two attached hydrogens (primary N) is 1. The third-order valence-corrected chi connectivity index (χ3v) is 3.93. The van der Waals surface area contributed by atoms with Crippen LogP contribution in [0.5, 0.6) is 0 Å². The number of fused-ring (bicyclic) bond motifs is 1. The van der Waals surface area contributed by atoms with Crippen molar-refractivity contribution in [1.29, 1.82) is 0 Å². The number of rotatable bonds is 2. The molecular formula is C12H15N3O2S. The number of thioether (sulfide) groups is 1. The highest BCUT2D eigenvalue weighted by atomic mass is 32.2. The Morgan fingerprint density at radius 1 is 1.56 bits per heavy atom. The number of hydrazine groups is 1. The van der Waals surface area contributed by atoms with E-state index in [1.165, 1.54) is 18.8 Å². The number of anilines is 1. The quantitative estimate of drug-likeness (QED) is 0.478. The molecule has 96 valence electrons. The van der Waals surface area contributed by atoms with Crippen LogP contribution >= 0.6 is 11.8 Å². The summed E-state index contributed by atoms with van der Waals surface area (Å²) in [6, 6.07) is 5.66. The van der Waals surface area contributed by atoms with Crippen LogP contribution in [0.3, 0.4) is 0 Å². The number of likely N-dealkylation sites (N-methyl/N-ethyl adjacent to an activating group) is 1. The summed E-state index contributed by atoms with van der Waals surface area (Å²) >= 11 is 1.50. The fraction of sp³-hybridized carbons (Fsp3) is 0.333.